The van der Waals surface area contributed by atoms with Crippen molar-refractivity contribution in [1.29, 1.82) is 0 Å². The van der Waals surface area contributed by atoms with Gasteiger partial charge >= 0.3 is 0 Å². The van der Waals surface area contributed by atoms with E-state index in [2.05, 4.69) is 15.5 Å². The first kappa shape index (κ1) is 22.3. The van der Waals surface area contributed by atoms with E-state index in [9.17, 15) is 14.0 Å². The highest BCUT2D eigenvalue weighted by atomic mass is 19.1. The molecular formula is C26H28FN5O2. The molecule has 7 nitrogen and oxygen atoms in total. The van der Waals surface area contributed by atoms with E-state index in [1.165, 1.54) is 12.1 Å². The summed E-state index contributed by atoms with van der Waals surface area (Å²) in [5.41, 5.74) is 3.77. The van der Waals surface area contributed by atoms with Gasteiger partial charge in [0.05, 0.1) is 11.5 Å². The third kappa shape index (κ3) is 4.08. The second-order valence-electron chi connectivity index (χ2n) is 9.21. The van der Waals surface area contributed by atoms with Crippen LogP contribution >= 0.6 is 0 Å². The number of halogens is 1. The third-order valence-electron chi connectivity index (χ3n) is 6.95. The van der Waals surface area contributed by atoms with Crippen molar-refractivity contribution in [2.24, 2.45) is 5.92 Å². The first-order valence-corrected chi connectivity index (χ1v) is 11.8. The lowest BCUT2D eigenvalue weighted by atomic mass is 10.1. The number of fused-ring (bicyclic) bond motifs is 1. The molecule has 1 fully saturated rings. The molecular weight excluding hydrogens is 433 g/mol. The van der Waals surface area contributed by atoms with Crippen molar-refractivity contribution in [3.63, 3.8) is 0 Å². The number of hydrogen-bond acceptors (Lipinski definition) is 4. The Morgan fingerprint density at radius 2 is 1.97 bits per heavy atom. The van der Waals surface area contributed by atoms with Crippen molar-refractivity contribution in [3.8, 4) is 11.4 Å². The molecule has 8 heteroatoms. The molecule has 176 valence electrons. The fourth-order valence-electron chi connectivity index (χ4n) is 4.85. The van der Waals surface area contributed by atoms with Crippen molar-refractivity contribution in [1.82, 2.24) is 14.8 Å². The molecule has 34 heavy (non-hydrogen) atoms. The summed E-state index contributed by atoms with van der Waals surface area (Å²) >= 11 is 0. The molecule has 5 rings (SSSR count). The average molecular weight is 462 g/mol. The molecule has 0 radical (unpaired) electrons. The lowest BCUT2D eigenvalue weighted by molar-refractivity contribution is -0.122. The van der Waals surface area contributed by atoms with Crippen molar-refractivity contribution in [2.75, 3.05) is 16.8 Å². The topological polar surface area (TPSA) is 80.1 Å². The average Bonchev–Trinajstić information content (AvgIpc) is 3.32. The van der Waals surface area contributed by atoms with Gasteiger partial charge in [-0.05, 0) is 62.1 Å². The number of aromatic nitrogens is 3. The minimum absolute atomic E-state index is 0.0696. The largest absolute Gasteiger partial charge is 0.326 e. The lowest BCUT2D eigenvalue weighted by Crippen LogP contribution is -2.28. The minimum atomic E-state index is -0.481. The van der Waals surface area contributed by atoms with Crippen molar-refractivity contribution < 1.29 is 14.0 Å². The number of aryl methyl sites for hydroxylation is 2. The number of benzene rings is 2. The van der Waals surface area contributed by atoms with Gasteiger partial charge in [-0.1, -0.05) is 18.6 Å². The van der Waals surface area contributed by atoms with Gasteiger partial charge in [0.1, 0.15) is 11.6 Å². The number of nitrogens with one attached hydrogen (secondary N) is 1. The van der Waals surface area contributed by atoms with E-state index >= 15 is 0 Å². The molecule has 1 unspecified atom stereocenters. The van der Waals surface area contributed by atoms with E-state index in [0.29, 0.717) is 23.6 Å². The SMILES string of the molecule is Cc1cccc(N2CC(C(=O)Nc3ccc(F)c(-c4nnc5n4CCCCC5)c3)CC2=O)c1C. The van der Waals surface area contributed by atoms with Crippen LogP contribution in [-0.2, 0) is 22.6 Å². The molecule has 3 aromatic rings. The van der Waals surface area contributed by atoms with Gasteiger partial charge in [-0.3, -0.25) is 9.59 Å². The smallest absolute Gasteiger partial charge is 0.229 e. The first-order valence-electron chi connectivity index (χ1n) is 11.8. The number of anilines is 2. The molecule has 0 aliphatic carbocycles. The molecule has 2 aromatic carbocycles. The molecule has 0 spiro atoms. The van der Waals surface area contributed by atoms with Gasteiger partial charge in [0, 0.05) is 37.3 Å². The highest BCUT2D eigenvalue weighted by molar-refractivity contribution is 6.04. The van der Waals surface area contributed by atoms with Crippen LogP contribution in [0, 0.1) is 25.6 Å². The summed E-state index contributed by atoms with van der Waals surface area (Å²) in [6, 6.07) is 10.3. The van der Waals surface area contributed by atoms with E-state index in [1.54, 1.807) is 11.0 Å². The predicted octanol–water partition coefficient (Wildman–Crippen LogP) is 4.42. The molecule has 2 amide bonds. The zero-order chi connectivity index (χ0) is 23.8. The van der Waals surface area contributed by atoms with Crippen LogP contribution in [0.1, 0.15) is 42.6 Å². The van der Waals surface area contributed by atoms with E-state index in [-0.39, 0.29) is 18.2 Å². The van der Waals surface area contributed by atoms with Gasteiger partial charge in [0.15, 0.2) is 5.82 Å². The number of carbonyl (C=O) groups excluding carboxylic acids is 2. The summed E-state index contributed by atoms with van der Waals surface area (Å²) in [7, 11) is 0. The fraction of sp³-hybridized carbons (Fsp3) is 0.385. The van der Waals surface area contributed by atoms with Gasteiger partial charge in [-0.15, -0.1) is 10.2 Å². The maximum atomic E-state index is 14.8. The van der Waals surface area contributed by atoms with Crippen LogP contribution in [0.5, 0.6) is 0 Å². The van der Waals surface area contributed by atoms with Crippen LogP contribution in [0.2, 0.25) is 0 Å². The maximum absolute atomic E-state index is 14.8. The predicted molar refractivity (Wildman–Crippen MR) is 128 cm³/mol. The van der Waals surface area contributed by atoms with Crippen LogP contribution in [-0.4, -0.2) is 33.1 Å². The number of amides is 2. The van der Waals surface area contributed by atoms with Crippen LogP contribution in [0.25, 0.3) is 11.4 Å². The van der Waals surface area contributed by atoms with Crippen molar-refractivity contribution >= 4 is 23.2 Å². The second kappa shape index (κ2) is 9.00. The Morgan fingerprint density at radius 1 is 1.12 bits per heavy atom. The maximum Gasteiger partial charge on any atom is 0.229 e. The lowest BCUT2D eigenvalue weighted by Gasteiger charge is -2.20. The molecule has 0 saturated carbocycles. The van der Waals surface area contributed by atoms with E-state index < -0.39 is 11.7 Å². The van der Waals surface area contributed by atoms with Crippen LogP contribution in [0.3, 0.4) is 0 Å². The Bertz CT molecular complexity index is 1270. The highest BCUT2D eigenvalue weighted by Gasteiger charge is 2.36. The number of carbonyl (C=O) groups is 2. The summed E-state index contributed by atoms with van der Waals surface area (Å²) in [5.74, 6) is 0.151. The Labute approximate surface area is 198 Å². The van der Waals surface area contributed by atoms with Crippen LogP contribution < -0.4 is 10.2 Å². The monoisotopic (exact) mass is 461 g/mol. The first-order chi connectivity index (χ1) is 16.4. The van der Waals surface area contributed by atoms with E-state index in [4.69, 9.17) is 0 Å². The second-order valence-corrected chi connectivity index (χ2v) is 9.21. The summed E-state index contributed by atoms with van der Waals surface area (Å²) in [4.78, 5) is 27.4. The summed E-state index contributed by atoms with van der Waals surface area (Å²) < 4.78 is 16.7. The van der Waals surface area contributed by atoms with Crippen LogP contribution in [0.4, 0.5) is 15.8 Å². The van der Waals surface area contributed by atoms with Gasteiger partial charge in [-0.2, -0.15) is 0 Å². The molecule has 2 aliphatic rings. The summed E-state index contributed by atoms with van der Waals surface area (Å²) in [5, 5.41) is 11.4. The highest BCUT2D eigenvalue weighted by Crippen LogP contribution is 2.31. The van der Waals surface area contributed by atoms with Crippen molar-refractivity contribution in [3.05, 3.63) is 59.2 Å². The number of rotatable bonds is 4. The minimum Gasteiger partial charge on any atom is -0.326 e. The van der Waals surface area contributed by atoms with E-state index in [1.807, 2.05) is 36.6 Å². The zero-order valence-electron chi connectivity index (χ0n) is 19.5. The molecule has 1 aromatic heterocycles. The van der Waals surface area contributed by atoms with Crippen molar-refractivity contribution in [2.45, 2.75) is 52.5 Å². The summed E-state index contributed by atoms with van der Waals surface area (Å²) in [6.45, 7) is 5.06. The summed E-state index contributed by atoms with van der Waals surface area (Å²) in [6.07, 6.45) is 4.14. The van der Waals surface area contributed by atoms with Crippen LogP contribution in [0.15, 0.2) is 36.4 Å². The normalized spacial score (nSPS) is 18.0. The standard InChI is InChI=1S/C26H28FN5O2/c1-16-7-6-8-22(17(16)2)32-15-18(13-24(32)33)26(34)28-19-10-11-21(27)20(14-19)25-30-29-23-9-4-3-5-12-31(23)25/h6-8,10-11,14,18H,3-5,9,12-13,15H2,1-2H3,(H,28,34). The molecule has 1 N–H and O–H groups in total. The Hall–Kier alpha value is -3.55. The molecule has 2 aliphatic heterocycles. The molecule has 0 bridgehead atoms. The molecule has 1 saturated heterocycles. The van der Waals surface area contributed by atoms with Gasteiger partial charge in [-0.25, -0.2) is 4.39 Å². The Morgan fingerprint density at radius 3 is 2.82 bits per heavy atom. The Kier molecular flexibility index (Phi) is 5.89. The quantitative estimate of drug-likeness (QED) is 0.624. The third-order valence-corrected chi connectivity index (χ3v) is 6.95. The van der Waals surface area contributed by atoms with Gasteiger partial charge in [0.25, 0.3) is 0 Å². The fourth-order valence-corrected chi connectivity index (χ4v) is 4.85. The number of nitrogens with zero attached hydrogens (tertiary/aromatic N) is 4. The molecule has 3 heterocycles. The van der Waals surface area contributed by atoms with Gasteiger partial charge < -0.3 is 14.8 Å². The molecule has 1 atom stereocenters. The zero-order valence-corrected chi connectivity index (χ0v) is 19.5. The Balaban J connectivity index is 1.35. The van der Waals surface area contributed by atoms with Gasteiger partial charge in [0.2, 0.25) is 11.8 Å². The number of hydrogen-bond donors (Lipinski definition) is 1. The van der Waals surface area contributed by atoms with E-state index in [0.717, 1.165) is 54.9 Å².